The molecule has 1 aliphatic rings. The molecule has 0 unspecified atom stereocenters. The van der Waals surface area contributed by atoms with Crippen LogP contribution in [-0.2, 0) is 11.3 Å². The van der Waals surface area contributed by atoms with Gasteiger partial charge in [0.05, 0.1) is 6.61 Å². The molecule has 0 bridgehead atoms. The fourth-order valence-corrected chi connectivity index (χ4v) is 2.66. The van der Waals surface area contributed by atoms with E-state index in [9.17, 15) is 27.1 Å². The van der Waals surface area contributed by atoms with Crippen molar-refractivity contribution in [2.24, 2.45) is 0 Å². The van der Waals surface area contributed by atoms with E-state index in [1.165, 1.54) is 18.2 Å². The van der Waals surface area contributed by atoms with Crippen LogP contribution >= 0.6 is 0 Å². The lowest BCUT2D eigenvalue weighted by Gasteiger charge is -2.29. The van der Waals surface area contributed by atoms with Crippen molar-refractivity contribution in [1.82, 2.24) is 0 Å². The Morgan fingerprint density at radius 1 is 0.926 bits per heavy atom. The fourth-order valence-electron chi connectivity index (χ4n) is 2.66. The Bertz CT molecular complexity index is 903. The van der Waals surface area contributed by atoms with Gasteiger partial charge in [-0.15, -0.1) is 0 Å². The zero-order valence-corrected chi connectivity index (χ0v) is 13.9. The maximum absolute atomic E-state index is 14.0. The number of aliphatic hydroxyl groups excluding tert-OH is 1. The molecule has 0 radical (unpaired) electrons. The highest BCUT2D eigenvalue weighted by Gasteiger charge is 2.23. The molecule has 0 fully saturated rings. The van der Waals surface area contributed by atoms with Crippen LogP contribution in [-0.4, -0.2) is 18.3 Å². The molecule has 1 N–H and O–H groups in total. The number of allylic oxidation sites excluding steroid dienone is 1. The van der Waals surface area contributed by atoms with Crippen molar-refractivity contribution in [1.29, 1.82) is 0 Å². The van der Waals surface area contributed by atoms with E-state index in [0.717, 1.165) is 17.0 Å². The Hall–Kier alpha value is -2.87. The van der Waals surface area contributed by atoms with Gasteiger partial charge in [-0.25, -0.2) is 22.0 Å². The SMILES string of the molecule is OCC1=CC(OCc2ccc(F)cc2F)=CCN1c1c(F)cc(F)cc1F. The molecular formula is C19H14F5NO2. The van der Waals surface area contributed by atoms with E-state index < -0.39 is 41.4 Å². The quantitative estimate of drug-likeness (QED) is 0.787. The van der Waals surface area contributed by atoms with E-state index in [2.05, 4.69) is 0 Å². The van der Waals surface area contributed by atoms with Crippen molar-refractivity contribution in [2.75, 3.05) is 18.1 Å². The highest BCUT2D eigenvalue weighted by atomic mass is 19.2. The van der Waals surface area contributed by atoms with Gasteiger partial charge >= 0.3 is 0 Å². The normalized spacial score (nSPS) is 14.1. The molecule has 1 heterocycles. The van der Waals surface area contributed by atoms with Crippen LogP contribution in [0.5, 0.6) is 0 Å². The molecule has 8 heteroatoms. The van der Waals surface area contributed by atoms with Crippen LogP contribution in [0, 0.1) is 29.1 Å². The second-order valence-corrected chi connectivity index (χ2v) is 5.75. The number of halogens is 5. The second kappa shape index (κ2) is 7.79. The van der Waals surface area contributed by atoms with Gasteiger partial charge in [-0.1, -0.05) is 0 Å². The summed E-state index contributed by atoms with van der Waals surface area (Å²) in [6, 6.07) is 4.14. The maximum atomic E-state index is 14.0. The Morgan fingerprint density at radius 3 is 2.22 bits per heavy atom. The standard InChI is InChI=1S/C19H14F5NO2/c20-12-2-1-11(16(22)5-12)10-27-15-3-4-25(14(8-15)9-26)19-17(23)6-13(21)7-18(19)24/h1-3,5-8,26H,4,9-10H2. The van der Waals surface area contributed by atoms with Crippen LogP contribution in [0.25, 0.3) is 0 Å². The first kappa shape index (κ1) is 18.9. The van der Waals surface area contributed by atoms with Gasteiger partial charge in [-0.2, -0.15) is 0 Å². The minimum atomic E-state index is -1.11. The minimum absolute atomic E-state index is 0.0624. The van der Waals surface area contributed by atoms with E-state index in [-0.39, 0.29) is 30.2 Å². The van der Waals surface area contributed by atoms with Crippen LogP contribution < -0.4 is 4.90 Å². The average molecular weight is 383 g/mol. The van der Waals surface area contributed by atoms with Gasteiger partial charge in [0.1, 0.15) is 35.5 Å². The highest BCUT2D eigenvalue weighted by molar-refractivity contribution is 5.57. The molecular weight excluding hydrogens is 369 g/mol. The topological polar surface area (TPSA) is 32.7 Å². The van der Waals surface area contributed by atoms with Gasteiger partial charge < -0.3 is 14.7 Å². The largest absolute Gasteiger partial charge is 0.489 e. The predicted molar refractivity (Wildman–Crippen MR) is 88.1 cm³/mol. The minimum Gasteiger partial charge on any atom is -0.489 e. The summed E-state index contributed by atoms with van der Waals surface area (Å²) >= 11 is 0. The molecule has 2 aromatic rings. The number of nitrogens with zero attached hydrogens (tertiary/aromatic N) is 1. The monoisotopic (exact) mass is 383 g/mol. The molecule has 0 amide bonds. The molecule has 0 atom stereocenters. The lowest BCUT2D eigenvalue weighted by molar-refractivity contribution is 0.204. The van der Waals surface area contributed by atoms with Crippen molar-refractivity contribution < 1.29 is 31.8 Å². The smallest absolute Gasteiger partial charge is 0.152 e. The lowest BCUT2D eigenvalue weighted by atomic mass is 10.1. The van der Waals surface area contributed by atoms with Crippen molar-refractivity contribution in [3.63, 3.8) is 0 Å². The van der Waals surface area contributed by atoms with Crippen molar-refractivity contribution in [3.05, 3.63) is 88.6 Å². The van der Waals surface area contributed by atoms with Gasteiger partial charge in [0.25, 0.3) is 0 Å². The third kappa shape index (κ3) is 4.11. The number of benzene rings is 2. The Labute approximate surface area is 151 Å². The molecule has 2 aromatic carbocycles. The van der Waals surface area contributed by atoms with Crippen molar-refractivity contribution in [2.45, 2.75) is 6.61 Å². The summed E-state index contributed by atoms with van der Waals surface area (Å²) in [4.78, 5) is 1.13. The Balaban J connectivity index is 1.78. The Kier molecular flexibility index (Phi) is 5.46. The van der Waals surface area contributed by atoms with Gasteiger partial charge in [0.15, 0.2) is 11.6 Å². The van der Waals surface area contributed by atoms with E-state index in [4.69, 9.17) is 4.74 Å². The van der Waals surface area contributed by atoms with Crippen LogP contribution in [0.1, 0.15) is 5.56 Å². The van der Waals surface area contributed by atoms with E-state index in [0.29, 0.717) is 12.1 Å². The van der Waals surface area contributed by atoms with E-state index >= 15 is 0 Å². The van der Waals surface area contributed by atoms with Crippen LogP contribution in [0.2, 0.25) is 0 Å². The van der Waals surface area contributed by atoms with Gasteiger partial charge in [0, 0.05) is 42.1 Å². The maximum Gasteiger partial charge on any atom is 0.152 e. The van der Waals surface area contributed by atoms with Crippen molar-refractivity contribution >= 4 is 5.69 Å². The molecule has 0 aromatic heterocycles. The molecule has 3 nitrogen and oxygen atoms in total. The van der Waals surface area contributed by atoms with Crippen LogP contribution in [0.3, 0.4) is 0 Å². The lowest BCUT2D eigenvalue weighted by Crippen LogP contribution is -2.29. The molecule has 142 valence electrons. The zero-order chi connectivity index (χ0) is 19.6. The van der Waals surface area contributed by atoms with E-state index in [1.54, 1.807) is 0 Å². The molecule has 0 aliphatic carbocycles. The zero-order valence-electron chi connectivity index (χ0n) is 13.9. The third-order valence-electron chi connectivity index (χ3n) is 3.95. The van der Waals surface area contributed by atoms with Crippen LogP contribution in [0.4, 0.5) is 27.6 Å². The summed E-state index contributed by atoms with van der Waals surface area (Å²) in [5.41, 5.74) is -0.276. The first-order chi connectivity index (χ1) is 12.9. The number of ether oxygens (including phenoxy) is 1. The molecule has 3 rings (SSSR count). The molecule has 1 aliphatic heterocycles. The molecule has 0 saturated carbocycles. The van der Waals surface area contributed by atoms with E-state index in [1.807, 2.05) is 0 Å². The van der Waals surface area contributed by atoms with Gasteiger partial charge in [0.2, 0.25) is 0 Å². The first-order valence-electron chi connectivity index (χ1n) is 7.89. The third-order valence-corrected chi connectivity index (χ3v) is 3.95. The summed E-state index contributed by atoms with van der Waals surface area (Å²) < 4.78 is 73.0. The van der Waals surface area contributed by atoms with Crippen LogP contribution in [0.15, 0.2) is 53.9 Å². The second-order valence-electron chi connectivity index (χ2n) is 5.75. The first-order valence-corrected chi connectivity index (χ1v) is 7.89. The predicted octanol–water partition coefficient (Wildman–Crippen LogP) is 4.18. The number of hydrogen-bond donors (Lipinski definition) is 1. The average Bonchev–Trinajstić information content (AvgIpc) is 2.61. The van der Waals surface area contributed by atoms with Crippen molar-refractivity contribution in [3.8, 4) is 0 Å². The summed E-state index contributed by atoms with van der Waals surface area (Å²) in [5, 5.41) is 9.52. The summed E-state index contributed by atoms with van der Waals surface area (Å²) in [6.45, 7) is -0.832. The summed E-state index contributed by atoms with van der Waals surface area (Å²) in [6.07, 6.45) is 2.79. The van der Waals surface area contributed by atoms with Gasteiger partial charge in [-0.3, -0.25) is 0 Å². The summed E-state index contributed by atoms with van der Waals surface area (Å²) in [7, 11) is 0. The summed E-state index contributed by atoms with van der Waals surface area (Å²) in [5.74, 6) is -4.52. The number of aliphatic hydroxyl groups is 1. The fraction of sp³-hybridized carbons (Fsp3) is 0.158. The number of anilines is 1. The number of hydrogen-bond acceptors (Lipinski definition) is 3. The van der Waals surface area contributed by atoms with Gasteiger partial charge in [-0.05, 0) is 18.2 Å². The Morgan fingerprint density at radius 2 is 1.59 bits per heavy atom. The number of rotatable bonds is 5. The highest BCUT2D eigenvalue weighted by Crippen LogP contribution is 2.30. The molecule has 0 saturated heterocycles. The molecule has 27 heavy (non-hydrogen) atoms. The molecule has 0 spiro atoms.